The molecule has 1 N–H and O–H groups in total. The number of carbonyl (C=O) groups excluding carboxylic acids is 2. The molecule has 1 aliphatic heterocycles. The molecule has 1 aliphatic rings. The van der Waals surface area contributed by atoms with Crippen LogP contribution in [0.2, 0.25) is 0 Å². The first-order valence-electron chi connectivity index (χ1n) is 8.15. The number of rotatable bonds is 4. The zero-order chi connectivity index (χ0) is 16.9. The Kier molecular flexibility index (Phi) is 4.84. The molecule has 6 nitrogen and oxygen atoms in total. The first kappa shape index (κ1) is 16.1. The van der Waals surface area contributed by atoms with Gasteiger partial charge in [-0.2, -0.15) is 0 Å². The molecule has 0 aliphatic carbocycles. The van der Waals surface area contributed by atoms with Crippen LogP contribution in [0.1, 0.15) is 23.9 Å². The number of carbonyl (C=O) groups is 2. The molecule has 3 rings (SSSR count). The monoisotopic (exact) mass is 327 g/mol. The molecule has 0 radical (unpaired) electrons. The van der Waals surface area contributed by atoms with Gasteiger partial charge in [0.25, 0.3) is 5.91 Å². The molecule has 2 aromatic rings. The third kappa shape index (κ3) is 3.42. The van der Waals surface area contributed by atoms with E-state index in [1.807, 2.05) is 36.1 Å². The Morgan fingerprint density at radius 1 is 1.08 bits per heavy atom. The molecule has 0 unspecified atom stereocenters. The first-order chi connectivity index (χ1) is 11.7. The van der Waals surface area contributed by atoms with Crippen molar-refractivity contribution in [3.05, 3.63) is 48.4 Å². The minimum atomic E-state index is -0.271. The van der Waals surface area contributed by atoms with E-state index < -0.39 is 0 Å². The third-order valence-electron chi connectivity index (χ3n) is 4.17. The lowest BCUT2D eigenvalue weighted by Crippen LogP contribution is -2.48. The van der Waals surface area contributed by atoms with Crippen molar-refractivity contribution >= 4 is 23.2 Å². The molecular weight excluding hydrogens is 306 g/mol. The van der Waals surface area contributed by atoms with E-state index in [-0.39, 0.29) is 17.6 Å². The van der Waals surface area contributed by atoms with Crippen LogP contribution in [0.25, 0.3) is 0 Å². The molecular formula is C18H21N3O3. The minimum Gasteiger partial charge on any atom is -0.459 e. The SMILES string of the molecule is CCC(=O)N1CCN(c2ccccc2NC(=O)c2ccco2)CC1. The second-order valence-corrected chi connectivity index (χ2v) is 5.67. The highest BCUT2D eigenvalue weighted by Gasteiger charge is 2.22. The Bertz CT molecular complexity index is 704. The van der Waals surface area contributed by atoms with Crippen LogP contribution in [0.4, 0.5) is 11.4 Å². The van der Waals surface area contributed by atoms with E-state index in [2.05, 4.69) is 10.2 Å². The van der Waals surface area contributed by atoms with Gasteiger partial charge in [0.2, 0.25) is 5.91 Å². The van der Waals surface area contributed by atoms with E-state index in [0.29, 0.717) is 19.5 Å². The molecule has 0 bridgehead atoms. The normalized spacial score (nSPS) is 14.5. The fourth-order valence-electron chi connectivity index (χ4n) is 2.87. The van der Waals surface area contributed by atoms with Crippen molar-refractivity contribution in [3.63, 3.8) is 0 Å². The van der Waals surface area contributed by atoms with E-state index in [1.54, 1.807) is 12.1 Å². The Balaban J connectivity index is 1.71. The van der Waals surface area contributed by atoms with E-state index in [1.165, 1.54) is 6.26 Å². The van der Waals surface area contributed by atoms with Crippen LogP contribution in [0.3, 0.4) is 0 Å². The van der Waals surface area contributed by atoms with Crippen LogP contribution < -0.4 is 10.2 Å². The van der Waals surface area contributed by atoms with Crippen LogP contribution >= 0.6 is 0 Å². The highest BCUT2D eigenvalue weighted by atomic mass is 16.3. The smallest absolute Gasteiger partial charge is 0.291 e. The van der Waals surface area contributed by atoms with Gasteiger partial charge in [-0.15, -0.1) is 0 Å². The minimum absolute atomic E-state index is 0.189. The van der Waals surface area contributed by atoms with Crippen molar-refractivity contribution < 1.29 is 14.0 Å². The predicted molar refractivity (Wildman–Crippen MR) is 92.2 cm³/mol. The summed E-state index contributed by atoms with van der Waals surface area (Å²) in [5.41, 5.74) is 1.70. The topological polar surface area (TPSA) is 65.8 Å². The van der Waals surface area contributed by atoms with Crippen LogP contribution in [-0.4, -0.2) is 42.9 Å². The molecule has 1 saturated heterocycles. The molecule has 126 valence electrons. The Morgan fingerprint density at radius 3 is 2.50 bits per heavy atom. The van der Waals surface area contributed by atoms with Gasteiger partial charge in [0.1, 0.15) is 0 Å². The van der Waals surface area contributed by atoms with Crippen LogP contribution in [0.5, 0.6) is 0 Å². The first-order valence-corrected chi connectivity index (χ1v) is 8.15. The van der Waals surface area contributed by atoms with E-state index in [0.717, 1.165) is 24.5 Å². The van der Waals surface area contributed by atoms with E-state index in [4.69, 9.17) is 4.42 Å². The largest absolute Gasteiger partial charge is 0.459 e. The van der Waals surface area contributed by atoms with Gasteiger partial charge in [0, 0.05) is 32.6 Å². The lowest BCUT2D eigenvalue weighted by atomic mass is 10.2. The number of benzene rings is 1. The predicted octanol–water partition coefficient (Wildman–Crippen LogP) is 2.59. The Hall–Kier alpha value is -2.76. The zero-order valence-corrected chi connectivity index (χ0v) is 13.7. The van der Waals surface area contributed by atoms with Crippen molar-refractivity contribution in [1.29, 1.82) is 0 Å². The number of hydrogen-bond acceptors (Lipinski definition) is 4. The fourth-order valence-corrected chi connectivity index (χ4v) is 2.87. The summed E-state index contributed by atoms with van der Waals surface area (Å²) in [7, 11) is 0. The van der Waals surface area contributed by atoms with Crippen molar-refractivity contribution in [2.24, 2.45) is 0 Å². The highest BCUT2D eigenvalue weighted by Crippen LogP contribution is 2.27. The van der Waals surface area contributed by atoms with Crippen molar-refractivity contribution in [2.75, 3.05) is 36.4 Å². The number of nitrogens with zero attached hydrogens (tertiary/aromatic N) is 2. The molecule has 1 aromatic heterocycles. The Morgan fingerprint density at radius 2 is 1.83 bits per heavy atom. The summed E-state index contributed by atoms with van der Waals surface area (Å²) in [6.45, 7) is 4.78. The van der Waals surface area contributed by atoms with Crippen LogP contribution in [0, 0.1) is 0 Å². The van der Waals surface area contributed by atoms with Gasteiger partial charge in [-0.25, -0.2) is 0 Å². The molecule has 2 amide bonds. The van der Waals surface area contributed by atoms with E-state index in [9.17, 15) is 9.59 Å². The fraction of sp³-hybridized carbons (Fsp3) is 0.333. The van der Waals surface area contributed by atoms with Gasteiger partial charge in [0.05, 0.1) is 17.6 Å². The molecule has 0 spiro atoms. The summed E-state index contributed by atoms with van der Waals surface area (Å²) in [4.78, 5) is 28.1. The summed E-state index contributed by atoms with van der Waals surface area (Å²) in [6.07, 6.45) is 2.01. The molecule has 24 heavy (non-hydrogen) atoms. The maximum Gasteiger partial charge on any atom is 0.291 e. The van der Waals surface area contributed by atoms with Gasteiger partial charge < -0.3 is 19.5 Å². The molecule has 1 fully saturated rings. The highest BCUT2D eigenvalue weighted by molar-refractivity contribution is 6.04. The number of nitrogens with one attached hydrogen (secondary N) is 1. The zero-order valence-electron chi connectivity index (χ0n) is 13.7. The maximum absolute atomic E-state index is 12.2. The van der Waals surface area contributed by atoms with Gasteiger partial charge in [-0.05, 0) is 24.3 Å². The van der Waals surface area contributed by atoms with Crippen LogP contribution in [0.15, 0.2) is 47.1 Å². The summed E-state index contributed by atoms with van der Waals surface area (Å²) in [5.74, 6) is 0.199. The standard InChI is InChI=1S/C18H21N3O3/c1-2-17(22)21-11-9-20(10-12-21)15-7-4-3-6-14(15)19-18(23)16-8-5-13-24-16/h3-8,13H,2,9-12H2,1H3,(H,19,23). The molecule has 6 heteroatoms. The number of furan rings is 1. The summed E-state index contributed by atoms with van der Waals surface area (Å²) in [6, 6.07) is 11.0. The molecule has 0 atom stereocenters. The number of amides is 2. The van der Waals surface area contributed by atoms with Gasteiger partial charge in [0.15, 0.2) is 5.76 Å². The summed E-state index contributed by atoms with van der Waals surface area (Å²) in [5, 5.41) is 2.90. The summed E-state index contributed by atoms with van der Waals surface area (Å²) < 4.78 is 5.14. The van der Waals surface area contributed by atoms with Crippen molar-refractivity contribution in [2.45, 2.75) is 13.3 Å². The number of piperazine rings is 1. The lowest BCUT2D eigenvalue weighted by Gasteiger charge is -2.36. The lowest BCUT2D eigenvalue weighted by molar-refractivity contribution is -0.131. The maximum atomic E-state index is 12.2. The quantitative estimate of drug-likeness (QED) is 0.937. The average molecular weight is 327 g/mol. The number of anilines is 2. The second-order valence-electron chi connectivity index (χ2n) is 5.67. The van der Waals surface area contributed by atoms with Gasteiger partial charge >= 0.3 is 0 Å². The molecule has 2 heterocycles. The average Bonchev–Trinajstić information content (AvgIpc) is 3.16. The second kappa shape index (κ2) is 7.21. The van der Waals surface area contributed by atoms with Gasteiger partial charge in [-0.3, -0.25) is 9.59 Å². The van der Waals surface area contributed by atoms with Crippen molar-refractivity contribution in [1.82, 2.24) is 4.90 Å². The molecule has 1 aromatic carbocycles. The number of para-hydroxylation sites is 2. The van der Waals surface area contributed by atoms with E-state index >= 15 is 0 Å². The van der Waals surface area contributed by atoms with Gasteiger partial charge in [-0.1, -0.05) is 19.1 Å². The number of hydrogen-bond donors (Lipinski definition) is 1. The Labute approximate surface area is 141 Å². The van der Waals surface area contributed by atoms with Crippen LogP contribution in [-0.2, 0) is 4.79 Å². The third-order valence-corrected chi connectivity index (χ3v) is 4.17. The van der Waals surface area contributed by atoms with Crippen molar-refractivity contribution in [3.8, 4) is 0 Å². The summed E-state index contributed by atoms with van der Waals surface area (Å²) >= 11 is 0. The molecule has 0 saturated carbocycles.